The van der Waals surface area contributed by atoms with E-state index in [0.29, 0.717) is 19.1 Å². The summed E-state index contributed by atoms with van der Waals surface area (Å²) < 4.78 is 11.1. The zero-order valence-electron chi connectivity index (χ0n) is 17.6. The van der Waals surface area contributed by atoms with E-state index in [9.17, 15) is 0 Å². The zero-order valence-corrected chi connectivity index (χ0v) is 20.7. The highest BCUT2D eigenvalue weighted by Gasteiger charge is 2.32. The number of morpholine rings is 1. The van der Waals surface area contributed by atoms with Gasteiger partial charge in [-0.05, 0) is 55.8 Å². The summed E-state index contributed by atoms with van der Waals surface area (Å²) in [6.45, 7) is 7.12. The van der Waals surface area contributed by atoms with Crippen LogP contribution in [0.25, 0.3) is 0 Å². The zero-order chi connectivity index (χ0) is 20.9. The first-order valence-corrected chi connectivity index (χ1v) is 10.1. The Morgan fingerprint density at radius 3 is 2.50 bits per heavy atom. The number of rotatable bonds is 6. The fourth-order valence-electron chi connectivity index (χ4n) is 3.48. The van der Waals surface area contributed by atoms with Gasteiger partial charge in [-0.1, -0.05) is 23.7 Å². The Kier molecular flexibility index (Phi) is 9.21. The van der Waals surface area contributed by atoms with Gasteiger partial charge < -0.3 is 20.5 Å². The summed E-state index contributed by atoms with van der Waals surface area (Å²) >= 11 is 6.09. The summed E-state index contributed by atoms with van der Waals surface area (Å²) in [5, 5.41) is 3.86. The molecular formula is C22H30ClIN4O2. The van der Waals surface area contributed by atoms with Crippen LogP contribution in [-0.2, 0) is 4.74 Å². The number of guanidine groups is 1. The Bertz CT molecular complexity index is 828. The molecule has 0 saturated carbocycles. The van der Waals surface area contributed by atoms with Crippen LogP contribution in [0.15, 0.2) is 53.5 Å². The molecular weight excluding hydrogens is 515 g/mol. The fraction of sp³-hybridized carbons (Fsp3) is 0.409. The van der Waals surface area contributed by atoms with Crippen molar-refractivity contribution in [3.8, 4) is 5.75 Å². The van der Waals surface area contributed by atoms with E-state index in [1.165, 1.54) is 0 Å². The topological polar surface area (TPSA) is 72.1 Å². The number of anilines is 1. The molecule has 0 radical (unpaired) electrons. The molecule has 1 atom stereocenters. The third-order valence-electron chi connectivity index (χ3n) is 4.95. The largest absolute Gasteiger partial charge is 0.497 e. The van der Waals surface area contributed by atoms with Gasteiger partial charge in [0.1, 0.15) is 5.75 Å². The molecule has 1 aliphatic heterocycles. The molecule has 30 heavy (non-hydrogen) atoms. The molecule has 1 fully saturated rings. The lowest BCUT2D eigenvalue weighted by atomic mass is 10.0. The lowest BCUT2D eigenvalue weighted by molar-refractivity contribution is -0.0966. The molecule has 1 heterocycles. The monoisotopic (exact) mass is 544 g/mol. The van der Waals surface area contributed by atoms with Crippen LogP contribution in [0.2, 0.25) is 5.02 Å². The Hall–Kier alpha value is -1.55. The van der Waals surface area contributed by atoms with Crippen molar-refractivity contribution in [1.82, 2.24) is 4.90 Å². The Morgan fingerprint density at radius 2 is 1.90 bits per heavy atom. The minimum atomic E-state index is -0.195. The van der Waals surface area contributed by atoms with Crippen LogP contribution in [0.5, 0.6) is 5.75 Å². The second-order valence-corrected chi connectivity index (χ2v) is 8.16. The molecule has 2 aromatic rings. The average molecular weight is 545 g/mol. The van der Waals surface area contributed by atoms with Gasteiger partial charge in [0, 0.05) is 23.8 Å². The highest BCUT2D eigenvalue weighted by Crippen LogP contribution is 2.28. The van der Waals surface area contributed by atoms with Crippen LogP contribution in [0.3, 0.4) is 0 Å². The van der Waals surface area contributed by atoms with E-state index in [-0.39, 0.29) is 35.6 Å². The SMILES string of the molecule is COc1ccc(NC(N)=NCC(c2ccc(Cl)cc2)N2CCOC(C)(C)C2)cc1.I. The predicted molar refractivity (Wildman–Crippen MR) is 134 cm³/mol. The lowest BCUT2D eigenvalue weighted by Gasteiger charge is -2.42. The maximum atomic E-state index is 6.15. The first-order chi connectivity index (χ1) is 13.9. The number of hydrogen-bond donors (Lipinski definition) is 2. The first kappa shape index (κ1) is 24.7. The third-order valence-corrected chi connectivity index (χ3v) is 5.20. The molecule has 0 aromatic heterocycles. The van der Waals surface area contributed by atoms with Crippen LogP contribution < -0.4 is 15.8 Å². The molecule has 8 heteroatoms. The third kappa shape index (κ3) is 7.01. The van der Waals surface area contributed by atoms with Crippen LogP contribution in [0.4, 0.5) is 5.69 Å². The number of methoxy groups -OCH3 is 1. The number of benzene rings is 2. The standard InChI is InChI=1S/C22H29ClN4O2.HI/c1-22(2)15-27(12-13-29-22)20(16-4-6-17(23)7-5-16)14-25-21(24)26-18-8-10-19(28-3)11-9-18;/h4-11,20H,12-15H2,1-3H3,(H3,24,25,26);1H. The second kappa shape index (κ2) is 11.2. The van der Waals surface area contributed by atoms with Gasteiger partial charge in [-0.2, -0.15) is 0 Å². The van der Waals surface area contributed by atoms with Gasteiger partial charge in [0.25, 0.3) is 0 Å². The molecule has 6 nitrogen and oxygen atoms in total. The minimum Gasteiger partial charge on any atom is -0.497 e. The van der Waals surface area contributed by atoms with Gasteiger partial charge in [-0.15, -0.1) is 24.0 Å². The summed E-state index contributed by atoms with van der Waals surface area (Å²) in [5.74, 6) is 1.17. The molecule has 2 aromatic carbocycles. The van der Waals surface area contributed by atoms with E-state index in [1.807, 2.05) is 36.4 Å². The molecule has 3 N–H and O–H groups in total. The van der Waals surface area contributed by atoms with Crippen LogP contribution in [0.1, 0.15) is 25.5 Å². The minimum absolute atomic E-state index is 0. The van der Waals surface area contributed by atoms with E-state index >= 15 is 0 Å². The van der Waals surface area contributed by atoms with Crippen molar-refractivity contribution in [1.29, 1.82) is 0 Å². The van der Waals surface area contributed by atoms with Gasteiger partial charge in [0.15, 0.2) is 5.96 Å². The van der Waals surface area contributed by atoms with Crippen molar-refractivity contribution < 1.29 is 9.47 Å². The van der Waals surface area contributed by atoms with Crippen molar-refractivity contribution in [2.24, 2.45) is 10.7 Å². The smallest absolute Gasteiger partial charge is 0.193 e. The first-order valence-electron chi connectivity index (χ1n) is 9.71. The molecule has 3 rings (SSSR count). The number of nitrogens with one attached hydrogen (secondary N) is 1. The summed E-state index contributed by atoms with van der Waals surface area (Å²) in [6, 6.07) is 15.6. The normalized spacial score (nSPS) is 17.7. The molecule has 164 valence electrons. The Balaban J connectivity index is 0.00000320. The molecule has 0 spiro atoms. The summed E-state index contributed by atoms with van der Waals surface area (Å²) in [4.78, 5) is 7.02. The van der Waals surface area contributed by atoms with Gasteiger partial charge in [-0.3, -0.25) is 9.89 Å². The van der Waals surface area contributed by atoms with Crippen molar-refractivity contribution in [3.63, 3.8) is 0 Å². The van der Waals surface area contributed by atoms with E-state index in [2.05, 4.69) is 41.2 Å². The van der Waals surface area contributed by atoms with E-state index in [1.54, 1.807) is 7.11 Å². The van der Waals surface area contributed by atoms with Crippen LogP contribution >= 0.6 is 35.6 Å². The summed E-state index contributed by atoms with van der Waals surface area (Å²) in [5.41, 5.74) is 7.98. The molecule has 1 saturated heterocycles. The maximum absolute atomic E-state index is 6.15. The molecule has 1 aliphatic rings. The van der Waals surface area contributed by atoms with Crippen molar-refractivity contribution in [2.45, 2.75) is 25.5 Å². The quantitative estimate of drug-likeness (QED) is 0.317. The Labute approximate surface area is 200 Å². The maximum Gasteiger partial charge on any atom is 0.193 e. The number of nitrogens with two attached hydrogens (primary N) is 1. The average Bonchev–Trinajstić information content (AvgIpc) is 2.69. The van der Waals surface area contributed by atoms with Crippen molar-refractivity contribution in [2.75, 3.05) is 38.7 Å². The Morgan fingerprint density at radius 1 is 1.23 bits per heavy atom. The highest BCUT2D eigenvalue weighted by atomic mass is 127. The molecule has 0 amide bonds. The lowest BCUT2D eigenvalue weighted by Crippen LogP contribution is -2.50. The van der Waals surface area contributed by atoms with Gasteiger partial charge >= 0.3 is 0 Å². The van der Waals surface area contributed by atoms with Crippen LogP contribution in [-0.4, -0.2) is 49.8 Å². The van der Waals surface area contributed by atoms with E-state index < -0.39 is 0 Å². The summed E-state index contributed by atoms with van der Waals surface area (Å²) in [7, 11) is 1.64. The number of aliphatic imine (C=N–C) groups is 1. The highest BCUT2D eigenvalue weighted by molar-refractivity contribution is 14.0. The van der Waals surface area contributed by atoms with E-state index in [4.69, 9.17) is 26.8 Å². The molecule has 1 unspecified atom stereocenters. The number of nitrogens with zero attached hydrogens (tertiary/aromatic N) is 2. The van der Waals surface area contributed by atoms with Crippen molar-refractivity contribution >= 4 is 47.2 Å². The fourth-order valence-corrected chi connectivity index (χ4v) is 3.61. The summed E-state index contributed by atoms with van der Waals surface area (Å²) in [6.07, 6.45) is 0. The van der Waals surface area contributed by atoms with Crippen LogP contribution in [0, 0.1) is 0 Å². The molecule has 0 bridgehead atoms. The number of ether oxygens (including phenoxy) is 2. The van der Waals surface area contributed by atoms with E-state index in [0.717, 1.165) is 35.1 Å². The van der Waals surface area contributed by atoms with Gasteiger partial charge in [-0.25, -0.2) is 0 Å². The van der Waals surface area contributed by atoms with Gasteiger partial charge in [0.2, 0.25) is 0 Å². The number of hydrogen-bond acceptors (Lipinski definition) is 4. The van der Waals surface area contributed by atoms with Crippen molar-refractivity contribution in [3.05, 3.63) is 59.1 Å². The number of halogens is 2. The predicted octanol–water partition coefficient (Wildman–Crippen LogP) is 4.55. The van der Waals surface area contributed by atoms with Gasteiger partial charge in [0.05, 0.1) is 31.9 Å². The second-order valence-electron chi connectivity index (χ2n) is 7.73. The molecule has 0 aliphatic carbocycles.